The van der Waals surface area contributed by atoms with Crippen LogP contribution in [0.2, 0.25) is 0 Å². The number of nitrogens with zero attached hydrogens (tertiary/aromatic N) is 2. The fraction of sp³-hybridized carbons (Fsp3) is 1.00. The van der Waals surface area contributed by atoms with Crippen molar-refractivity contribution >= 4 is 0 Å². The second-order valence-electron chi connectivity index (χ2n) is 6.21. The van der Waals surface area contributed by atoms with Gasteiger partial charge in [-0.05, 0) is 59.4 Å². The van der Waals surface area contributed by atoms with Crippen molar-refractivity contribution in [1.29, 1.82) is 0 Å². The maximum atomic E-state index is 3.48. The molecule has 0 aliphatic carbocycles. The molecule has 108 valence electrons. The van der Waals surface area contributed by atoms with E-state index in [1.807, 2.05) is 0 Å². The van der Waals surface area contributed by atoms with Gasteiger partial charge in [-0.25, -0.2) is 0 Å². The smallest absolute Gasteiger partial charge is 0.0220 e. The van der Waals surface area contributed by atoms with Gasteiger partial charge in [0.05, 0.1) is 0 Å². The van der Waals surface area contributed by atoms with Crippen molar-refractivity contribution in [2.45, 2.75) is 58.0 Å². The van der Waals surface area contributed by atoms with E-state index in [1.54, 1.807) is 0 Å². The number of likely N-dealkylation sites (tertiary alicyclic amines) is 1. The molecule has 1 fully saturated rings. The fourth-order valence-electron chi connectivity index (χ4n) is 2.74. The molecule has 1 N–H and O–H groups in total. The predicted octanol–water partition coefficient (Wildman–Crippen LogP) is 2.18. The minimum absolute atomic E-state index is 0.630. The van der Waals surface area contributed by atoms with E-state index >= 15 is 0 Å². The molecule has 18 heavy (non-hydrogen) atoms. The Labute approximate surface area is 114 Å². The summed E-state index contributed by atoms with van der Waals surface area (Å²) < 4.78 is 0. The molecule has 0 aromatic rings. The van der Waals surface area contributed by atoms with Crippen LogP contribution in [-0.2, 0) is 0 Å². The summed E-state index contributed by atoms with van der Waals surface area (Å²) in [5.41, 5.74) is 0. The van der Waals surface area contributed by atoms with Crippen LogP contribution in [0.3, 0.4) is 0 Å². The van der Waals surface area contributed by atoms with Crippen molar-refractivity contribution in [1.82, 2.24) is 15.1 Å². The van der Waals surface area contributed by atoms with Gasteiger partial charge in [-0.1, -0.05) is 20.3 Å². The minimum atomic E-state index is 0.630. The standard InChI is InChI=1S/C15H33N3/c1-14(2)16-10-6-5-7-12-18(4)15-9-8-11-17(3)13-15/h14-16H,5-13H2,1-4H3. The fourth-order valence-corrected chi connectivity index (χ4v) is 2.74. The Morgan fingerprint density at radius 1 is 1.28 bits per heavy atom. The van der Waals surface area contributed by atoms with Crippen LogP contribution in [0.5, 0.6) is 0 Å². The van der Waals surface area contributed by atoms with E-state index in [4.69, 9.17) is 0 Å². The topological polar surface area (TPSA) is 18.5 Å². The van der Waals surface area contributed by atoms with Crippen LogP contribution in [0.15, 0.2) is 0 Å². The molecule has 0 aromatic heterocycles. The summed E-state index contributed by atoms with van der Waals surface area (Å²) in [4.78, 5) is 5.04. The van der Waals surface area contributed by atoms with E-state index < -0.39 is 0 Å². The third-order valence-electron chi connectivity index (χ3n) is 3.96. The highest BCUT2D eigenvalue weighted by molar-refractivity contribution is 4.77. The SMILES string of the molecule is CC(C)NCCCCCN(C)C1CCCN(C)C1. The van der Waals surface area contributed by atoms with E-state index in [0.717, 1.165) is 6.04 Å². The third-order valence-corrected chi connectivity index (χ3v) is 3.96. The van der Waals surface area contributed by atoms with E-state index in [1.165, 1.54) is 58.3 Å². The highest BCUT2D eigenvalue weighted by Crippen LogP contribution is 2.13. The first-order chi connectivity index (χ1) is 8.59. The second-order valence-corrected chi connectivity index (χ2v) is 6.21. The zero-order valence-corrected chi connectivity index (χ0v) is 12.9. The van der Waals surface area contributed by atoms with Gasteiger partial charge in [-0.15, -0.1) is 0 Å². The van der Waals surface area contributed by atoms with E-state index in [-0.39, 0.29) is 0 Å². The molecular weight excluding hydrogens is 222 g/mol. The Balaban J connectivity index is 2.00. The minimum Gasteiger partial charge on any atom is -0.315 e. The number of hydrogen-bond donors (Lipinski definition) is 1. The quantitative estimate of drug-likeness (QED) is 0.671. The van der Waals surface area contributed by atoms with E-state index in [0.29, 0.717) is 6.04 Å². The first kappa shape index (κ1) is 15.9. The average molecular weight is 255 g/mol. The molecule has 1 aliphatic heterocycles. The molecule has 1 saturated heterocycles. The number of likely N-dealkylation sites (N-methyl/N-ethyl adjacent to an activating group) is 2. The zero-order chi connectivity index (χ0) is 13.4. The number of nitrogens with one attached hydrogen (secondary N) is 1. The van der Waals surface area contributed by atoms with Crippen molar-refractivity contribution in [3.63, 3.8) is 0 Å². The Morgan fingerprint density at radius 3 is 2.72 bits per heavy atom. The lowest BCUT2D eigenvalue weighted by atomic mass is 10.0. The van der Waals surface area contributed by atoms with Gasteiger partial charge in [0.15, 0.2) is 0 Å². The normalized spacial score (nSPS) is 22.0. The highest BCUT2D eigenvalue weighted by Gasteiger charge is 2.20. The number of piperidine rings is 1. The second kappa shape index (κ2) is 8.89. The van der Waals surface area contributed by atoms with Crippen LogP contribution in [0.4, 0.5) is 0 Å². The molecule has 1 heterocycles. The van der Waals surface area contributed by atoms with Crippen molar-refractivity contribution in [2.75, 3.05) is 40.3 Å². The molecule has 1 atom stereocenters. The molecule has 1 aliphatic rings. The molecule has 0 amide bonds. The Kier molecular flexibility index (Phi) is 7.87. The number of unbranched alkanes of at least 4 members (excludes halogenated alkanes) is 2. The van der Waals surface area contributed by atoms with Crippen LogP contribution in [-0.4, -0.2) is 62.2 Å². The monoisotopic (exact) mass is 255 g/mol. The number of rotatable bonds is 8. The molecular formula is C15H33N3. The molecule has 0 spiro atoms. The third kappa shape index (κ3) is 6.72. The van der Waals surface area contributed by atoms with Crippen LogP contribution in [0.25, 0.3) is 0 Å². The molecule has 0 bridgehead atoms. The largest absolute Gasteiger partial charge is 0.315 e. The molecule has 1 unspecified atom stereocenters. The summed E-state index contributed by atoms with van der Waals surface area (Å²) >= 11 is 0. The van der Waals surface area contributed by atoms with Gasteiger partial charge < -0.3 is 15.1 Å². The van der Waals surface area contributed by atoms with Gasteiger partial charge in [-0.2, -0.15) is 0 Å². The summed E-state index contributed by atoms with van der Waals surface area (Å²) in [5, 5.41) is 3.48. The van der Waals surface area contributed by atoms with Crippen LogP contribution in [0, 0.1) is 0 Å². The van der Waals surface area contributed by atoms with Gasteiger partial charge in [0, 0.05) is 18.6 Å². The molecule has 0 aromatic carbocycles. The van der Waals surface area contributed by atoms with Gasteiger partial charge in [0.25, 0.3) is 0 Å². The lowest BCUT2D eigenvalue weighted by Crippen LogP contribution is -2.45. The van der Waals surface area contributed by atoms with Crippen molar-refractivity contribution < 1.29 is 0 Å². The molecule has 0 saturated carbocycles. The van der Waals surface area contributed by atoms with E-state index in [2.05, 4.69) is 43.1 Å². The van der Waals surface area contributed by atoms with Crippen LogP contribution < -0.4 is 5.32 Å². The maximum absolute atomic E-state index is 3.48. The van der Waals surface area contributed by atoms with Crippen LogP contribution >= 0.6 is 0 Å². The van der Waals surface area contributed by atoms with Gasteiger partial charge in [0.2, 0.25) is 0 Å². The van der Waals surface area contributed by atoms with Gasteiger partial charge in [-0.3, -0.25) is 0 Å². The van der Waals surface area contributed by atoms with Crippen LogP contribution in [0.1, 0.15) is 46.0 Å². The lowest BCUT2D eigenvalue weighted by Gasteiger charge is -2.35. The summed E-state index contributed by atoms with van der Waals surface area (Å²) in [6.45, 7) is 9.41. The van der Waals surface area contributed by atoms with Crippen molar-refractivity contribution in [2.24, 2.45) is 0 Å². The Hall–Kier alpha value is -0.120. The summed E-state index contributed by atoms with van der Waals surface area (Å²) in [6.07, 6.45) is 6.76. The molecule has 3 nitrogen and oxygen atoms in total. The highest BCUT2D eigenvalue weighted by atomic mass is 15.2. The first-order valence-electron chi connectivity index (χ1n) is 7.71. The molecule has 3 heteroatoms. The summed E-state index contributed by atoms with van der Waals surface area (Å²) in [5.74, 6) is 0. The molecule has 0 radical (unpaired) electrons. The molecule has 1 rings (SSSR count). The summed E-state index contributed by atoms with van der Waals surface area (Å²) in [7, 11) is 4.55. The van der Waals surface area contributed by atoms with Crippen molar-refractivity contribution in [3.05, 3.63) is 0 Å². The van der Waals surface area contributed by atoms with Gasteiger partial charge >= 0.3 is 0 Å². The maximum Gasteiger partial charge on any atom is 0.0220 e. The predicted molar refractivity (Wildman–Crippen MR) is 80.1 cm³/mol. The average Bonchev–Trinajstić information content (AvgIpc) is 2.33. The summed E-state index contributed by atoms with van der Waals surface area (Å²) in [6, 6.07) is 1.42. The Morgan fingerprint density at radius 2 is 2.06 bits per heavy atom. The Bertz CT molecular complexity index is 206. The first-order valence-corrected chi connectivity index (χ1v) is 7.71. The number of hydrogen-bond acceptors (Lipinski definition) is 3. The lowest BCUT2D eigenvalue weighted by molar-refractivity contribution is 0.133. The van der Waals surface area contributed by atoms with Gasteiger partial charge in [0.1, 0.15) is 0 Å². The zero-order valence-electron chi connectivity index (χ0n) is 12.9. The van der Waals surface area contributed by atoms with Crippen molar-refractivity contribution in [3.8, 4) is 0 Å². The van der Waals surface area contributed by atoms with E-state index in [9.17, 15) is 0 Å².